The van der Waals surface area contributed by atoms with Crippen LogP contribution in [0.1, 0.15) is 17.0 Å². The molecule has 2 heterocycles. The van der Waals surface area contributed by atoms with Crippen LogP contribution in [-0.4, -0.2) is 4.98 Å². The number of rotatable bonds is 4. The van der Waals surface area contributed by atoms with Crippen molar-refractivity contribution in [3.63, 3.8) is 0 Å². The lowest BCUT2D eigenvalue weighted by Gasteiger charge is -2.07. The summed E-state index contributed by atoms with van der Waals surface area (Å²) in [6.45, 7) is 0.897. The van der Waals surface area contributed by atoms with E-state index in [-0.39, 0.29) is 0 Å². The van der Waals surface area contributed by atoms with Crippen LogP contribution in [0, 0.1) is 0 Å². The lowest BCUT2D eigenvalue weighted by atomic mass is 10.2. The van der Waals surface area contributed by atoms with Gasteiger partial charge in [0.15, 0.2) is 0 Å². The van der Waals surface area contributed by atoms with E-state index in [0.717, 1.165) is 18.0 Å². The molecule has 0 atom stereocenters. The number of alkyl halides is 3. The van der Waals surface area contributed by atoms with E-state index in [1.54, 1.807) is 12.3 Å². The second kappa shape index (κ2) is 5.22. The van der Waals surface area contributed by atoms with Crippen LogP contribution in [0.5, 0.6) is 0 Å². The molecule has 96 valence electrons. The predicted molar refractivity (Wildman–Crippen MR) is 58.5 cm³/mol. The van der Waals surface area contributed by atoms with E-state index in [9.17, 15) is 13.2 Å². The fraction of sp³-hybridized carbons (Fsp3) is 0.250. The molecule has 2 rings (SSSR count). The average Bonchev–Trinajstić information content (AvgIpc) is 2.82. The first-order valence-corrected chi connectivity index (χ1v) is 5.31. The molecule has 0 amide bonds. The van der Waals surface area contributed by atoms with Crippen LogP contribution in [0.3, 0.4) is 0 Å². The summed E-state index contributed by atoms with van der Waals surface area (Å²) in [4.78, 5) is 3.75. The van der Waals surface area contributed by atoms with Crippen molar-refractivity contribution in [3.8, 4) is 0 Å². The van der Waals surface area contributed by atoms with Crippen LogP contribution in [-0.2, 0) is 19.3 Å². The van der Waals surface area contributed by atoms with Gasteiger partial charge in [-0.3, -0.25) is 4.98 Å². The Morgan fingerprint density at radius 1 is 1.17 bits per heavy atom. The summed E-state index contributed by atoms with van der Waals surface area (Å²) in [7, 11) is 0. The lowest BCUT2D eigenvalue weighted by molar-refractivity contribution is -0.137. The fourth-order valence-electron chi connectivity index (χ4n) is 1.42. The van der Waals surface area contributed by atoms with E-state index in [4.69, 9.17) is 4.42 Å². The molecule has 0 saturated heterocycles. The second-order valence-electron chi connectivity index (χ2n) is 3.72. The van der Waals surface area contributed by atoms with Gasteiger partial charge in [-0.15, -0.1) is 0 Å². The molecule has 0 aromatic carbocycles. The van der Waals surface area contributed by atoms with Crippen molar-refractivity contribution >= 4 is 0 Å². The summed E-state index contributed by atoms with van der Waals surface area (Å²) in [5, 5.41) is 3.02. The molecule has 0 fully saturated rings. The van der Waals surface area contributed by atoms with Crippen molar-refractivity contribution in [3.05, 3.63) is 53.7 Å². The van der Waals surface area contributed by atoms with Crippen LogP contribution in [0.2, 0.25) is 0 Å². The third-order valence-corrected chi connectivity index (χ3v) is 2.34. The van der Waals surface area contributed by atoms with Crippen LogP contribution in [0.15, 0.2) is 41.1 Å². The minimum absolute atomic E-state index is 0.388. The Kier molecular flexibility index (Phi) is 3.66. The van der Waals surface area contributed by atoms with Gasteiger partial charge >= 0.3 is 6.18 Å². The molecule has 6 heteroatoms. The van der Waals surface area contributed by atoms with Crippen molar-refractivity contribution in [1.82, 2.24) is 10.3 Å². The molecule has 0 bridgehead atoms. The number of aromatic nitrogens is 1. The Hall–Kier alpha value is -1.82. The maximum atomic E-state index is 12.3. The Morgan fingerprint density at radius 2 is 2.00 bits per heavy atom. The number of hydrogen-bond donors (Lipinski definition) is 1. The molecule has 0 radical (unpaired) electrons. The van der Waals surface area contributed by atoms with Crippen LogP contribution < -0.4 is 5.32 Å². The zero-order valence-corrected chi connectivity index (χ0v) is 9.37. The van der Waals surface area contributed by atoms with Gasteiger partial charge in [0.05, 0.1) is 24.1 Å². The van der Waals surface area contributed by atoms with Gasteiger partial charge in [0.1, 0.15) is 5.76 Å². The predicted octanol–water partition coefficient (Wildman–Crippen LogP) is 2.98. The average molecular weight is 256 g/mol. The number of furan rings is 1. The summed E-state index contributed by atoms with van der Waals surface area (Å²) in [6, 6.07) is 5.97. The third-order valence-electron chi connectivity index (χ3n) is 2.34. The molecule has 0 aliphatic rings. The van der Waals surface area contributed by atoms with Gasteiger partial charge in [-0.1, -0.05) is 0 Å². The highest BCUT2D eigenvalue weighted by atomic mass is 19.4. The van der Waals surface area contributed by atoms with E-state index >= 15 is 0 Å². The minimum atomic E-state index is -4.34. The van der Waals surface area contributed by atoms with E-state index < -0.39 is 11.7 Å². The van der Waals surface area contributed by atoms with Crippen molar-refractivity contribution in [1.29, 1.82) is 0 Å². The Labute approximate surface area is 102 Å². The molecule has 0 aliphatic heterocycles. The normalized spacial score (nSPS) is 11.7. The zero-order chi connectivity index (χ0) is 13.0. The summed E-state index contributed by atoms with van der Waals surface area (Å²) in [5.41, 5.74) is -0.188. The van der Waals surface area contributed by atoms with Gasteiger partial charge in [-0.05, 0) is 24.3 Å². The lowest BCUT2D eigenvalue weighted by Crippen LogP contribution is -2.14. The highest BCUT2D eigenvalue weighted by molar-refractivity contribution is 5.16. The van der Waals surface area contributed by atoms with Gasteiger partial charge in [-0.25, -0.2) is 0 Å². The molecule has 0 saturated carbocycles. The molecule has 0 spiro atoms. The molecular formula is C12H11F3N2O. The van der Waals surface area contributed by atoms with Crippen molar-refractivity contribution in [2.24, 2.45) is 0 Å². The van der Waals surface area contributed by atoms with Crippen molar-refractivity contribution in [2.45, 2.75) is 19.3 Å². The summed E-state index contributed by atoms with van der Waals surface area (Å²) >= 11 is 0. The third kappa shape index (κ3) is 3.33. The number of hydrogen-bond acceptors (Lipinski definition) is 3. The molecule has 0 unspecified atom stereocenters. The topological polar surface area (TPSA) is 38.1 Å². The maximum absolute atomic E-state index is 12.3. The maximum Gasteiger partial charge on any atom is 0.417 e. The van der Waals surface area contributed by atoms with Gasteiger partial charge in [0.2, 0.25) is 0 Å². The number of halogens is 3. The van der Waals surface area contributed by atoms with E-state index in [1.807, 2.05) is 6.07 Å². The fourth-order valence-corrected chi connectivity index (χ4v) is 1.42. The van der Waals surface area contributed by atoms with Crippen molar-refractivity contribution in [2.75, 3.05) is 0 Å². The van der Waals surface area contributed by atoms with Gasteiger partial charge in [0, 0.05) is 12.7 Å². The minimum Gasteiger partial charge on any atom is -0.468 e. The monoisotopic (exact) mass is 256 g/mol. The molecule has 1 N–H and O–H groups in total. The van der Waals surface area contributed by atoms with Crippen LogP contribution in [0.25, 0.3) is 0 Å². The van der Waals surface area contributed by atoms with E-state index in [2.05, 4.69) is 10.3 Å². The van der Waals surface area contributed by atoms with Gasteiger partial charge < -0.3 is 9.73 Å². The Balaban J connectivity index is 1.87. The summed E-state index contributed by atoms with van der Waals surface area (Å²) in [5.74, 6) is 0.766. The molecular weight excluding hydrogens is 245 g/mol. The standard InChI is InChI=1S/C12H11F3N2O/c13-12(14,15)9-3-4-10(17-6-9)7-16-8-11-2-1-5-18-11/h1-6,16H,7-8H2. The number of nitrogens with zero attached hydrogens (tertiary/aromatic N) is 1. The van der Waals surface area contributed by atoms with E-state index in [1.165, 1.54) is 6.07 Å². The molecule has 2 aromatic rings. The van der Waals surface area contributed by atoms with Crippen LogP contribution in [0.4, 0.5) is 13.2 Å². The molecule has 0 aliphatic carbocycles. The molecule has 2 aromatic heterocycles. The molecule has 3 nitrogen and oxygen atoms in total. The first-order chi connectivity index (χ1) is 8.55. The number of pyridine rings is 1. The SMILES string of the molecule is FC(F)(F)c1ccc(CNCc2ccco2)nc1. The first kappa shape index (κ1) is 12.6. The Morgan fingerprint density at radius 3 is 2.56 bits per heavy atom. The van der Waals surface area contributed by atoms with Gasteiger partial charge in [-0.2, -0.15) is 13.2 Å². The highest BCUT2D eigenvalue weighted by Gasteiger charge is 2.30. The van der Waals surface area contributed by atoms with Gasteiger partial charge in [0.25, 0.3) is 0 Å². The summed E-state index contributed by atoms with van der Waals surface area (Å²) < 4.78 is 42.0. The van der Waals surface area contributed by atoms with Crippen molar-refractivity contribution < 1.29 is 17.6 Å². The van der Waals surface area contributed by atoms with Crippen LogP contribution >= 0.6 is 0 Å². The zero-order valence-electron chi connectivity index (χ0n) is 9.37. The molecule has 18 heavy (non-hydrogen) atoms. The quantitative estimate of drug-likeness (QED) is 0.913. The largest absolute Gasteiger partial charge is 0.468 e. The Bertz CT molecular complexity index is 477. The summed E-state index contributed by atoms with van der Waals surface area (Å²) in [6.07, 6.45) is -1.94. The van der Waals surface area contributed by atoms with E-state index in [0.29, 0.717) is 18.8 Å². The first-order valence-electron chi connectivity index (χ1n) is 5.31. The smallest absolute Gasteiger partial charge is 0.417 e. The number of nitrogens with one attached hydrogen (secondary N) is 1. The second-order valence-corrected chi connectivity index (χ2v) is 3.72. The highest BCUT2D eigenvalue weighted by Crippen LogP contribution is 2.28.